The first-order valence-electron chi connectivity index (χ1n) is 9.57. The zero-order valence-corrected chi connectivity index (χ0v) is 16.2. The highest BCUT2D eigenvalue weighted by molar-refractivity contribution is 5.92. The molecule has 0 aliphatic heterocycles. The number of aromatic nitrogens is 1. The number of carbonyl (C=O) groups excluding carboxylic acids is 1. The maximum absolute atomic E-state index is 12.2. The summed E-state index contributed by atoms with van der Waals surface area (Å²) in [5.74, 6) is 0.637. The van der Waals surface area contributed by atoms with Crippen molar-refractivity contribution in [1.82, 2.24) is 4.98 Å². The van der Waals surface area contributed by atoms with Crippen LogP contribution >= 0.6 is 0 Å². The van der Waals surface area contributed by atoms with Crippen LogP contribution in [0, 0.1) is 0 Å². The van der Waals surface area contributed by atoms with Gasteiger partial charge >= 0.3 is 5.63 Å². The number of nitrogens with one attached hydrogen (secondary N) is 1. The van der Waals surface area contributed by atoms with E-state index >= 15 is 0 Å². The lowest BCUT2D eigenvalue weighted by Gasteiger charge is -2.08. The number of ether oxygens (including phenoxy) is 1. The van der Waals surface area contributed by atoms with Crippen molar-refractivity contribution in [3.05, 3.63) is 89.3 Å². The van der Waals surface area contributed by atoms with Gasteiger partial charge in [0.2, 0.25) is 5.89 Å². The highest BCUT2D eigenvalue weighted by Crippen LogP contribution is 2.25. The van der Waals surface area contributed by atoms with Crippen molar-refractivity contribution in [2.75, 3.05) is 11.9 Å². The molecule has 0 bridgehead atoms. The minimum absolute atomic E-state index is 0.185. The average Bonchev–Trinajstić information content (AvgIpc) is 3.22. The summed E-state index contributed by atoms with van der Waals surface area (Å²) in [6, 6.07) is 22.8. The predicted molar refractivity (Wildman–Crippen MR) is 116 cm³/mol. The Labute approximate surface area is 175 Å². The highest BCUT2D eigenvalue weighted by atomic mass is 16.5. The van der Waals surface area contributed by atoms with Crippen LogP contribution in [0.1, 0.15) is 0 Å². The second kappa shape index (κ2) is 7.79. The first-order chi connectivity index (χ1) is 15.1. The molecule has 0 aliphatic rings. The molecular formula is C24H16N2O5. The summed E-state index contributed by atoms with van der Waals surface area (Å²) in [4.78, 5) is 28.0. The molecule has 0 radical (unpaired) electrons. The van der Waals surface area contributed by atoms with Gasteiger partial charge < -0.3 is 18.9 Å². The number of amides is 1. The van der Waals surface area contributed by atoms with Crippen LogP contribution in [0.25, 0.3) is 33.5 Å². The molecule has 5 aromatic rings. The molecule has 31 heavy (non-hydrogen) atoms. The van der Waals surface area contributed by atoms with Crippen LogP contribution in [0.4, 0.5) is 5.69 Å². The van der Waals surface area contributed by atoms with E-state index in [-0.39, 0.29) is 12.5 Å². The lowest BCUT2D eigenvalue weighted by atomic mass is 10.2. The van der Waals surface area contributed by atoms with Gasteiger partial charge in [0.1, 0.15) is 16.8 Å². The Kier molecular flexibility index (Phi) is 4.68. The number of carbonyl (C=O) groups is 1. The maximum atomic E-state index is 12.2. The molecule has 1 N–H and O–H groups in total. The molecule has 7 nitrogen and oxygen atoms in total. The van der Waals surface area contributed by atoms with E-state index in [1.165, 1.54) is 6.07 Å². The van der Waals surface area contributed by atoms with Gasteiger partial charge in [-0.05, 0) is 54.6 Å². The van der Waals surface area contributed by atoms with E-state index in [0.717, 1.165) is 22.0 Å². The van der Waals surface area contributed by atoms with Crippen molar-refractivity contribution in [3.8, 4) is 17.2 Å². The highest BCUT2D eigenvalue weighted by Gasteiger charge is 2.09. The van der Waals surface area contributed by atoms with Crippen LogP contribution in [0.2, 0.25) is 0 Å². The third-order valence-corrected chi connectivity index (χ3v) is 4.67. The minimum Gasteiger partial charge on any atom is -0.484 e. The summed E-state index contributed by atoms with van der Waals surface area (Å²) in [6.07, 6.45) is 0. The van der Waals surface area contributed by atoms with Crippen molar-refractivity contribution in [2.24, 2.45) is 0 Å². The van der Waals surface area contributed by atoms with E-state index < -0.39 is 5.63 Å². The smallest absolute Gasteiger partial charge is 0.336 e. The topological polar surface area (TPSA) is 94.6 Å². The van der Waals surface area contributed by atoms with Crippen LogP contribution in [-0.2, 0) is 4.79 Å². The maximum Gasteiger partial charge on any atom is 0.336 e. The summed E-state index contributed by atoms with van der Waals surface area (Å²) < 4.78 is 16.4. The fourth-order valence-electron chi connectivity index (χ4n) is 3.17. The van der Waals surface area contributed by atoms with Gasteiger partial charge in [0.25, 0.3) is 5.91 Å². The average molecular weight is 412 g/mol. The van der Waals surface area contributed by atoms with Gasteiger partial charge in [-0.2, -0.15) is 0 Å². The quantitative estimate of drug-likeness (QED) is 0.423. The van der Waals surface area contributed by atoms with Gasteiger partial charge in [-0.1, -0.05) is 12.1 Å². The molecule has 0 saturated carbocycles. The van der Waals surface area contributed by atoms with Crippen molar-refractivity contribution in [2.45, 2.75) is 0 Å². The Hall–Kier alpha value is -4.39. The molecule has 1 amide bonds. The van der Waals surface area contributed by atoms with Crippen LogP contribution in [0.3, 0.4) is 0 Å². The van der Waals surface area contributed by atoms with Crippen molar-refractivity contribution >= 4 is 33.7 Å². The second-order valence-electron chi connectivity index (χ2n) is 6.86. The fourth-order valence-corrected chi connectivity index (χ4v) is 3.17. The standard InChI is InChI=1S/C24H16N2O5/c27-22(14-29-18-11-7-15-8-12-23(28)30-21(15)13-18)25-17-9-5-16(6-10-17)24-26-19-3-1-2-4-20(19)31-24/h1-13H,14H2,(H,25,27). The number of fused-ring (bicyclic) bond motifs is 2. The summed E-state index contributed by atoms with van der Waals surface area (Å²) in [5, 5.41) is 3.55. The molecule has 2 heterocycles. The van der Waals surface area contributed by atoms with Crippen LogP contribution in [0.15, 0.2) is 92.5 Å². The zero-order valence-electron chi connectivity index (χ0n) is 16.2. The van der Waals surface area contributed by atoms with E-state index in [4.69, 9.17) is 13.6 Å². The molecular weight excluding hydrogens is 396 g/mol. The Balaban J connectivity index is 1.23. The van der Waals surface area contributed by atoms with E-state index in [1.807, 2.05) is 36.4 Å². The van der Waals surface area contributed by atoms with Crippen LogP contribution < -0.4 is 15.7 Å². The van der Waals surface area contributed by atoms with Crippen molar-refractivity contribution in [1.29, 1.82) is 0 Å². The third-order valence-electron chi connectivity index (χ3n) is 4.67. The summed E-state index contributed by atoms with van der Waals surface area (Å²) in [6.45, 7) is -0.185. The molecule has 2 aromatic heterocycles. The molecule has 0 spiro atoms. The number of hydrogen-bond acceptors (Lipinski definition) is 6. The SMILES string of the molecule is O=C(COc1ccc2ccc(=O)oc2c1)Nc1ccc(-c2nc3ccccc3o2)cc1. The number of benzene rings is 3. The predicted octanol–water partition coefficient (Wildman–Crippen LogP) is 4.62. The number of anilines is 1. The van der Waals surface area contributed by atoms with Gasteiger partial charge in [0.05, 0.1) is 0 Å². The summed E-state index contributed by atoms with van der Waals surface area (Å²) >= 11 is 0. The van der Waals surface area contributed by atoms with Gasteiger partial charge in [-0.15, -0.1) is 0 Å². The van der Waals surface area contributed by atoms with Crippen LogP contribution in [0.5, 0.6) is 5.75 Å². The molecule has 0 fully saturated rings. The number of nitrogens with zero attached hydrogens (tertiary/aromatic N) is 1. The largest absolute Gasteiger partial charge is 0.484 e. The molecule has 0 saturated heterocycles. The van der Waals surface area contributed by atoms with Crippen molar-refractivity contribution in [3.63, 3.8) is 0 Å². The summed E-state index contributed by atoms with van der Waals surface area (Å²) in [7, 11) is 0. The lowest BCUT2D eigenvalue weighted by molar-refractivity contribution is -0.118. The Morgan fingerprint density at radius 3 is 2.55 bits per heavy atom. The molecule has 5 rings (SSSR count). The molecule has 3 aromatic carbocycles. The number of para-hydroxylation sites is 2. The van der Waals surface area contributed by atoms with Crippen LogP contribution in [-0.4, -0.2) is 17.5 Å². The third kappa shape index (κ3) is 4.02. The van der Waals surface area contributed by atoms with Gasteiger partial charge in [-0.3, -0.25) is 4.79 Å². The molecule has 0 atom stereocenters. The Bertz CT molecular complexity index is 1420. The first kappa shape index (κ1) is 18.6. The number of hydrogen-bond donors (Lipinski definition) is 1. The number of rotatable bonds is 5. The monoisotopic (exact) mass is 412 g/mol. The second-order valence-corrected chi connectivity index (χ2v) is 6.86. The minimum atomic E-state index is -0.441. The van der Waals surface area contributed by atoms with Gasteiger partial charge in [-0.25, -0.2) is 9.78 Å². The van der Waals surface area contributed by atoms with Crippen molar-refractivity contribution < 1.29 is 18.4 Å². The molecule has 7 heteroatoms. The Morgan fingerprint density at radius 2 is 1.71 bits per heavy atom. The molecule has 0 unspecified atom stereocenters. The number of oxazole rings is 1. The Morgan fingerprint density at radius 1 is 0.903 bits per heavy atom. The van der Waals surface area contributed by atoms with E-state index in [2.05, 4.69) is 10.3 Å². The van der Waals surface area contributed by atoms with Gasteiger partial charge in [0.15, 0.2) is 12.2 Å². The van der Waals surface area contributed by atoms with Gasteiger partial charge in [0, 0.05) is 28.8 Å². The summed E-state index contributed by atoms with van der Waals surface area (Å²) in [5.41, 5.74) is 2.91. The van der Waals surface area contributed by atoms with E-state index in [1.54, 1.807) is 36.4 Å². The zero-order chi connectivity index (χ0) is 21.2. The van der Waals surface area contributed by atoms with E-state index in [0.29, 0.717) is 22.9 Å². The normalized spacial score (nSPS) is 11.0. The fraction of sp³-hybridized carbons (Fsp3) is 0.0417. The lowest BCUT2D eigenvalue weighted by Crippen LogP contribution is -2.20. The van der Waals surface area contributed by atoms with E-state index in [9.17, 15) is 9.59 Å². The molecule has 0 aliphatic carbocycles. The molecule has 152 valence electrons. The first-order valence-corrected chi connectivity index (χ1v) is 9.57.